The molecule has 0 unspecified atom stereocenters. The van der Waals surface area contributed by atoms with Crippen molar-refractivity contribution >= 4 is 27.8 Å². The van der Waals surface area contributed by atoms with Gasteiger partial charge in [-0.1, -0.05) is 12.1 Å². The van der Waals surface area contributed by atoms with Gasteiger partial charge in [0.1, 0.15) is 11.3 Å². The number of aromatic amines is 1. The molecule has 1 N–H and O–H groups in total. The molecule has 6 rings (SSSR count). The highest BCUT2D eigenvalue weighted by molar-refractivity contribution is 5.89. The molecule has 0 saturated heterocycles. The number of benzene rings is 2. The van der Waals surface area contributed by atoms with E-state index in [2.05, 4.69) is 4.98 Å². The van der Waals surface area contributed by atoms with Crippen LogP contribution in [0, 0.1) is 0 Å². The lowest BCUT2D eigenvalue weighted by Gasteiger charge is -2.17. The van der Waals surface area contributed by atoms with Crippen molar-refractivity contribution in [3.8, 4) is 17.2 Å². The Bertz CT molecular complexity index is 1570. The molecule has 9 nitrogen and oxygen atoms in total. The summed E-state index contributed by atoms with van der Waals surface area (Å²) in [5, 5.41) is 1.18. The monoisotopic (exact) mass is 447 g/mol. The van der Waals surface area contributed by atoms with E-state index in [0.717, 1.165) is 0 Å². The topological polar surface area (TPSA) is 117 Å². The van der Waals surface area contributed by atoms with Crippen molar-refractivity contribution in [2.24, 2.45) is 0 Å². The molecule has 4 heterocycles. The average Bonchev–Trinajstić information content (AvgIpc) is 3.42. The van der Waals surface area contributed by atoms with Gasteiger partial charge in [0, 0.05) is 17.0 Å². The number of pyridine rings is 1. The third-order valence-electron chi connectivity index (χ3n) is 5.88. The molecular formula is C24H17NO8. The van der Waals surface area contributed by atoms with Gasteiger partial charge in [0.2, 0.25) is 12.9 Å². The number of carbonyl (C=O) groups is 1. The van der Waals surface area contributed by atoms with Crippen molar-refractivity contribution in [2.45, 2.75) is 18.9 Å². The maximum atomic E-state index is 13.2. The predicted octanol–water partition coefficient (Wildman–Crippen LogP) is 2.82. The van der Waals surface area contributed by atoms with Gasteiger partial charge in [0.15, 0.2) is 11.5 Å². The predicted molar refractivity (Wildman–Crippen MR) is 116 cm³/mol. The number of ether oxygens (including phenoxy) is 4. The molecular weight excluding hydrogens is 430 g/mol. The van der Waals surface area contributed by atoms with E-state index in [1.165, 1.54) is 0 Å². The number of para-hydroxylation sites is 1. The van der Waals surface area contributed by atoms with Crippen LogP contribution in [-0.4, -0.2) is 30.5 Å². The molecule has 0 aliphatic carbocycles. The fraction of sp³-hybridized carbons (Fsp3) is 0.208. The van der Waals surface area contributed by atoms with Gasteiger partial charge in [-0.3, -0.25) is 4.79 Å². The van der Waals surface area contributed by atoms with Crippen LogP contribution in [0.1, 0.15) is 24.0 Å². The number of H-pyrrole nitrogens is 1. The van der Waals surface area contributed by atoms with Crippen LogP contribution in [0.5, 0.6) is 17.2 Å². The highest BCUT2D eigenvalue weighted by Gasteiger charge is 2.46. The molecule has 2 aromatic heterocycles. The van der Waals surface area contributed by atoms with Crippen molar-refractivity contribution in [2.75, 3.05) is 13.4 Å². The number of nitrogens with one attached hydrogen (secondary N) is 1. The Morgan fingerprint density at radius 3 is 2.73 bits per heavy atom. The van der Waals surface area contributed by atoms with Crippen LogP contribution >= 0.6 is 0 Å². The van der Waals surface area contributed by atoms with E-state index < -0.39 is 29.2 Å². The third kappa shape index (κ3) is 2.89. The summed E-state index contributed by atoms with van der Waals surface area (Å²) >= 11 is 0. The highest BCUT2D eigenvalue weighted by Crippen LogP contribution is 2.44. The molecule has 0 bridgehead atoms. The summed E-state index contributed by atoms with van der Waals surface area (Å²) in [7, 11) is 0. The molecule has 2 aliphatic rings. The smallest absolute Gasteiger partial charge is 0.348 e. The fourth-order valence-electron chi connectivity index (χ4n) is 4.45. The zero-order valence-electron chi connectivity index (χ0n) is 17.4. The van der Waals surface area contributed by atoms with Gasteiger partial charge in [-0.2, -0.15) is 0 Å². The summed E-state index contributed by atoms with van der Waals surface area (Å²) in [5.41, 5.74) is 0.00320. The van der Waals surface area contributed by atoms with Crippen LogP contribution in [0.25, 0.3) is 21.9 Å². The largest absolute Gasteiger partial charge is 0.476 e. The normalized spacial score (nSPS) is 18.3. The Hall–Kier alpha value is -4.27. The molecule has 33 heavy (non-hydrogen) atoms. The summed E-state index contributed by atoms with van der Waals surface area (Å²) in [5.74, 6) is -0.408. The number of hydrogen-bond donors (Lipinski definition) is 1. The second kappa shape index (κ2) is 7.13. The van der Waals surface area contributed by atoms with Gasteiger partial charge in [-0.15, -0.1) is 0 Å². The Morgan fingerprint density at radius 1 is 1.12 bits per heavy atom. The van der Waals surface area contributed by atoms with E-state index in [9.17, 15) is 14.4 Å². The molecule has 4 aromatic rings. The molecule has 2 aliphatic heterocycles. The Labute approximate surface area is 185 Å². The van der Waals surface area contributed by atoms with E-state index in [0.29, 0.717) is 33.4 Å². The molecule has 166 valence electrons. The standard InChI is InChI=1S/C24H17NO8/c1-2-29-24(28)21-18(19-20(33-21)12-5-3-4-6-15(12)32-23(19)27)13-7-11-8-16-17(31-10-30-16)9-14(11)25-22(13)26/h3-9,18,21H,2,10H2,1H3,(H,25,26)/t18-,21-/m0/s1. The summed E-state index contributed by atoms with van der Waals surface area (Å²) < 4.78 is 27.5. The maximum Gasteiger partial charge on any atom is 0.348 e. The van der Waals surface area contributed by atoms with Crippen molar-refractivity contribution < 1.29 is 28.2 Å². The average molecular weight is 447 g/mol. The molecule has 0 fully saturated rings. The first-order valence-electron chi connectivity index (χ1n) is 10.4. The van der Waals surface area contributed by atoms with Gasteiger partial charge in [0.25, 0.3) is 5.56 Å². The van der Waals surface area contributed by atoms with Crippen LogP contribution in [0.2, 0.25) is 0 Å². The van der Waals surface area contributed by atoms with Crippen molar-refractivity contribution in [3.63, 3.8) is 0 Å². The quantitative estimate of drug-likeness (QED) is 0.376. The number of carbonyl (C=O) groups excluding carboxylic acids is 1. The first kappa shape index (κ1) is 19.4. The lowest BCUT2D eigenvalue weighted by Crippen LogP contribution is -2.35. The SMILES string of the molecule is CCOC(=O)[C@H]1Oc2c(c(=O)oc3ccccc23)[C@@H]1c1cc2cc3c(cc2[nH]c1=O)OCO3. The Balaban J connectivity index is 1.61. The molecule has 2 atom stereocenters. The minimum absolute atomic E-state index is 0.0889. The van der Waals surface area contributed by atoms with E-state index in [4.69, 9.17) is 23.4 Å². The molecule has 0 spiro atoms. The van der Waals surface area contributed by atoms with E-state index in [-0.39, 0.29) is 30.3 Å². The molecule has 0 amide bonds. The molecule has 9 heteroatoms. The first-order chi connectivity index (χ1) is 16.0. The second-order valence-electron chi connectivity index (χ2n) is 7.74. The van der Waals surface area contributed by atoms with Gasteiger partial charge in [-0.25, -0.2) is 9.59 Å². The zero-order chi connectivity index (χ0) is 22.7. The van der Waals surface area contributed by atoms with Crippen LogP contribution in [-0.2, 0) is 9.53 Å². The minimum Gasteiger partial charge on any atom is -0.476 e. The van der Waals surface area contributed by atoms with Gasteiger partial charge in [0.05, 0.1) is 29.0 Å². The van der Waals surface area contributed by atoms with Crippen molar-refractivity contribution in [1.82, 2.24) is 4.98 Å². The van der Waals surface area contributed by atoms with Crippen LogP contribution in [0.15, 0.2) is 56.5 Å². The number of rotatable bonds is 3. The second-order valence-corrected chi connectivity index (χ2v) is 7.74. The number of esters is 1. The molecule has 2 aromatic carbocycles. The maximum absolute atomic E-state index is 13.2. The van der Waals surface area contributed by atoms with E-state index in [1.807, 2.05) is 0 Å². The van der Waals surface area contributed by atoms with Crippen molar-refractivity contribution in [1.29, 1.82) is 0 Å². The zero-order valence-corrected chi connectivity index (χ0v) is 17.4. The summed E-state index contributed by atoms with van der Waals surface area (Å²) in [6, 6.07) is 11.9. The Morgan fingerprint density at radius 2 is 1.91 bits per heavy atom. The van der Waals surface area contributed by atoms with Gasteiger partial charge < -0.3 is 28.3 Å². The lowest BCUT2D eigenvalue weighted by molar-refractivity contribution is -0.151. The fourth-order valence-corrected chi connectivity index (χ4v) is 4.45. The van der Waals surface area contributed by atoms with Crippen LogP contribution < -0.4 is 25.4 Å². The van der Waals surface area contributed by atoms with Crippen LogP contribution in [0.4, 0.5) is 0 Å². The van der Waals surface area contributed by atoms with E-state index in [1.54, 1.807) is 49.4 Å². The third-order valence-corrected chi connectivity index (χ3v) is 5.88. The lowest BCUT2D eigenvalue weighted by atomic mass is 9.88. The molecule has 0 saturated carbocycles. The van der Waals surface area contributed by atoms with Gasteiger partial charge >= 0.3 is 11.6 Å². The van der Waals surface area contributed by atoms with E-state index >= 15 is 0 Å². The summed E-state index contributed by atoms with van der Waals surface area (Å²) in [4.78, 5) is 41.8. The van der Waals surface area contributed by atoms with Crippen molar-refractivity contribution in [3.05, 3.63) is 74.4 Å². The first-order valence-corrected chi connectivity index (χ1v) is 10.4. The Kier molecular flexibility index (Phi) is 4.19. The summed E-state index contributed by atoms with van der Waals surface area (Å²) in [6.07, 6.45) is -1.22. The summed E-state index contributed by atoms with van der Waals surface area (Å²) in [6.45, 7) is 1.88. The highest BCUT2D eigenvalue weighted by atomic mass is 16.7. The molecule has 0 radical (unpaired) electrons. The van der Waals surface area contributed by atoms with Crippen LogP contribution in [0.3, 0.4) is 0 Å². The number of fused-ring (bicyclic) bond motifs is 5. The number of hydrogen-bond acceptors (Lipinski definition) is 8. The van der Waals surface area contributed by atoms with Gasteiger partial charge in [-0.05, 0) is 31.2 Å². The number of aromatic nitrogens is 1. The minimum atomic E-state index is -1.22.